The average molecular weight is 561 g/mol. The second-order valence-corrected chi connectivity index (χ2v) is 8.97. The van der Waals surface area contributed by atoms with Crippen molar-refractivity contribution in [3.63, 3.8) is 0 Å². The number of hydrogen-bond acceptors (Lipinski definition) is 7. The molecule has 210 valence electrons. The molecule has 0 aromatic heterocycles. The third-order valence-corrected chi connectivity index (χ3v) is 6.09. The third-order valence-electron chi connectivity index (χ3n) is 6.09. The Hall–Kier alpha value is -5.63. The van der Waals surface area contributed by atoms with Gasteiger partial charge in [-0.05, 0) is 72.3 Å². The summed E-state index contributed by atoms with van der Waals surface area (Å²) in [4.78, 5) is 26.1. The molecule has 42 heavy (non-hydrogen) atoms. The summed E-state index contributed by atoms with van der Waals surface area (Å²) in [5, 5.41) is 5.87. The van der Waals surface area contributed by atoms with Crippen molar-refractivity contribution in [1.82, 2.24) is 5.43 Å². The second kappa shape index (κ2) is 13.6. The maximum absolute atomic E-state index is 13.2. The molecule has 1 N–H and O–H groups in total. The molecule has 0 saturated carbocycles. The lowest BCUT2D eigenvalue weighted by atomic mass is 10.0. The molecule has 0 aliphatic rings. The summed E-state index contributed by atoms with van der Waals surface area (Å²) >= 11 is 0. The van der Waals surface area contributed by atoms with Crippen LogP contribution in [0.4, 0.5) is 0 Å². The maximum Gasteiger partial charge on any atom is 0.343 e. The van der Waals surface area contributed by atoms with Gasteiger partial charge >= 0.3 is 18.2 Å². The molecule has 0 heterocycles. The molecule has 5 aromatic carbocycles. The highest BCUT2D eigenvalue weighted by atomic mass is 16.7. The Balaban J connectivity index is 1.37. The second-order valence-electron chi connectivity index (χ2n) is 8.97. The minimum atomic E-state index is -1.32. The third kappa shape index (κ3) is 7.11. The Morgan fingerprint density at radius 1 is 0.738 bits per heavy atom. The zero-order valence-corrected chi connectivity index (χ0v) is 22.8. The van der Waals surface area contributed by atoms with E-state index in [9.17, 15) is 9.59 Å². The molecule has 0 aliphatic heterocycles. The lowest BCUT2D eigenvalue weighted by Gasteiger charge is -2.18. The highest BCUT2D eigenvalue weighted by molar-refractivity contribution is 6.04. The molecule has 0 saturated heterocycles. The number of amides is 1. The Labute approximate surface area is 243 Å². The number of hydrogen-bond donors (Lipinski definition) is 1. The van der Waals surface area contributed by atoms with Crippen LogP contribution in [0.1, 0.15) is 22.8 Å². The molecule has 5 aromatic rings. The highest BCUT2D eigenvalue weighted by Crippen LogP contribution is 2.28. The Bertz CT molecular complexity index is 1630. The molecular weight excluding hydrogens is 532 g/mol. The number of nitrogens with zero attached hydrogens (tertiary/aromatic N) is 1. The molecule has 1 amide bonds. The van der Waals surface area contributed by atoms with Crippen LogP contribution in [-0.2, 0) is 4.79 Å². The van der Waals surface area contributed by atoms with Gasteiger partial charge in [0.25, 0.3) is 0 Å². The topological polar surface area (TPSA) is 95.5 Å². The summed E-state index contributed by atoms with van der Waals surface area (Å²) in [7, 11) is 0. The number of carbonyl (C=O) groups excluding carboxylic acids is 2. The number of benzene rings is 5. The average Bonchev–Trinajstić information content (AvgIpc) is 3.03. The Morgan fingerprint density at radius 2 is 1.36 bits per heavy atom. The van der Waals surface area contributed by atoms with Crippen molar-refractivity contribution in [2.45, 2.75) is 13.2 Å². The zero-order chi connectivity index (χ0) is 29.1. The molecule has 0 atom stereocenters. The van der Waals surface area contributed by atoms with Crippen LogP contribution in [0.15, 0.2) is 126 Å². The summed E-state index contributed by atoms with van der Waals surface area (Å²) in [5.74, 6) is 0.675. The zero-order valence-electron chi connectivity index (χ0n) is 22.8. The van der Waals surface area contributed by atoms with Gasteiger partial charge in [-0.2, -0.15) is 5.10 Å². The van der Waals surface area contributed by atoms with Crippen molar-refractivity contribution >= 4 is 28.9 Å². The predicted octanol–water partition coefficient (Wildman–Crippen LogP) is 6.39. The van der Waals surface area contributed by atoms with Crippen LogP contribution in [0.2, 0.25) is 0 Å². The number of hydrazone groups is 1. The van der Waals surface area contributed by atoms with Crippen molar-refractivity contribution in [3.8, 4) is 23.0 Å². The van der Waals surface area contributed by atoms with E-state index >= 15 is 0 Å². The molecule has 8 heteroatoms. The minimum absolute atomic E-state index is 0.281. The first-order chi connectivity index (χ1) is 20.6. The summed E-state index contributed by atoms with van der Waals surface area (Å²) < 4.78 is 22.9. The quantitative estimate of drug-likeness (QED) is 0.0661. The lowest BCUT2D eigenvalue weighted by molar-refractivity contribution is -0.140. The normalized spacial score (nSPS) is 10.9. The summed E-state index contributed by atoms with van der Waals surface area (Å²) in [6.45, 7) is 2.41. The van der Waals surface area contributed by atoms with E-state index in [0.29, 0.717) is 35.0 Å². The van der Waals surface area contributed by atoms with E-state index in [4.69, 9.17) is 18.9 Å². The molecular formula is C34H28N2O6. The van der Waals surface area contributed by atoms with Gasteiger partial charge in [0.2, 0.25) is 0 Å². The van der Waals surface area contributed by atoms with Gasteiger partial charge in [-0.3, -0.25) is 4.79 Å². The van der Waals surface area contributed by atoms with Crippen LogP contribution >= 0.6 is 0 Å². The molecule has 5 rings (SSSR count). The summed E-state index contributed by atoms with van der Waals surface area (Å²) in [6.07, 6.45) is 0.111. The van der Waals surface area contributed by atoms with E-state index in [1.807, 2.05) is 49.4 Å². The van der Waals surface area contributed by atoms with Crippen LogP contribution in [0.3, 0.4) is 0 Å². The predicted molar refractivity (Wildman–Crippen MR) is 160 cm³/mol. The van der Waals surface area contributed by atoms with Gasteiger partial charge < -0.3 is 18.9 Å². The SMILES string of the molecule is CCOc1ccc(C(=O)Oc2ccc3ccccc3c2/C=N\NC(=O)C(Oc2ccccc2)Oc2ccccc2)cc1. The number of carbonyl (C=O) groups is 2. The Morgan fingerprint density at radius 3 is 2.00 bits per heavy atom. The van der Waals surface area contributed by atoms with Crippen molar-refractivity contribution in [2.75, 3.05) is 6.61 Å². The number of nitrogens with one attached hydrogen (secondary N) is 1. The Kier molecular flexibility index (Phi) is 9.06. The fourth-order valence-corrected chi connectivity index (χ4v) is 4.10. The summed E-state index contributed by atoms with van der Waals surface area (Å²) in [6, 6.07) is 35.6. The van der Waals surface area contributed by atoms with E-state index in [0.717, 1.165) is 10.8 Å². The first kappa shape index (κ1) is 27.9. The molecule has 0 unspecified atom stereocenters. The van der Waals surface area contributed by atoms with E-state index in [2.05, 4.69) is 10.5 Å². The number of para-hydroxylation sites is 2. The van der Waals surface area contributed by atoms with E-state index in [-0.39, 0.29) is 5.75 Å². The van der Waals surface area contributed by atoms with Gasteiger partial charge in [-0.1, -0.05) is 66.7 Å². The molecule has 0 fully saturated rings. The van der Waals surface area contributed by atoms with Gasteiger partial charge in [-0.25, -0.2) is 10.2 Å². The molecule has 0 spiro atoms. The van der Waals surface area contributed by atoms with Crippen LogP contribution < -0.4 is 24.4 Å². The van der Waals surface area contributed by atoms with Crippen LogP contribution in [0.25, 0.3) is 10.8 Å². The number of esters is 1. The number of rotatable bonds is 11. The largest absolute Gasteiger partial charge is 0.494 e. The highest BCUT2D eigenvalue weighted by Gasteiger charge is 2.23. The first-order valence-corrected chi connectivity index (χ1v) is 13.3. The van der Waals surface area contributed by atoms with E-state index in [1.54, 1.807) is 78.9 Å². The van der Waals surface area contributed by atoms with Gasteiger partial charge in [0, 0.05) is 5.56 Å². The van der Waals surface area contributed by atoms with Gasteiger partial charge in [0.15, 0.2) is 0 Å². The fraction of sp³-hybridized carbons (Fsp3) is 0.0882. The van der Waals surface area contributed by atoms with E-state index < -0.39 is 18.2 Å². The van der Waals surface area contributed by atoms with Gasteiger partial charge in [0.05, 0.1) is 18.4 Å². The fourth-order valence-electron chi connectivity index (χ4n) is 4.10. The molecule has 0 radical (unpaired) electrons. The van der Waals surface area contributed by atoms with Crippen LogP contribution in [-0.4, -0.2) is 31.0 Å². The maximum atomic E-state index is 13.2. The van der Waals surface area contributed by atoms with Crippen LogP contribution in [0.5, 0.6) is 23.0 Å². The minimum Gasteiger partial charge on any atom is -0.494 e. The summed E-state index contributed by atoms with van der Waals surface area (Å²) in [5.41, 5.74) is 3.37. The van der Waals surface area contributed by atoms with E-state index in [1.165, 1.54) is 6.21 Å². The van der Waals surface area contributed by atoms with Crippen molar-refractivity contribution in [1.29, 1.82) is 0 Å². The first-order valence-electron chi connectivity index (χ1n) is 13.3. The molecule has 8 nitrogen and oxygen atoms in total. The van der Waals surface area contributed by atoms with Crippen LogP contribution in [0, 0.1) is 0 Å². The molecule has 0 aliphatic carbocycles. The van der Waals surface area contributed by atoms with Gasteiger partial charge in [-0.15, -0.1) is 0 Å². The van der Waals surface area contributed by atoms with Crippen molar-refractivity contribution in [3.05, 3.63) is 132 Å². The molecule has 0 bridgehead atoms. The van der Waals surface area contributed by atoms with Crippen molar-refractivity contribution in [2.24, 2.45) is 5.10 Å². The smallest absolute Gasteiger partial charge is 0.343 e. The monoisotopic (exact) mass is 560 g/mol. The standard InChI is InChI=1S/C34H28N2O6/c1-2-39-26-20-17-25(18-21-26)33(38)42-31-22-19-24-11-9-10-16-29(24)30(31)23-35-36-32(37)34(40-27-12-5-3-6-13-27)41-28-14-7-4-8-15-28/h3-23,34H,2H2,1H3,(H,36,37)/b35-23-. The number of ether oxygens (including phenoxy) is 4. The van der Waals surface area contributed by atoms with Gasteiger partial charge in [0.1, 0.15) is 23.0 Å². The van der Waals surface area contributed by atoms with Crippen molar-refractivity contribution < 1.29 is 28.5 Å². The lowest BCUT2D eigenvalue weighted by Crippen LogP contribution is -2.40. The number of fused-ring (bicyclic) bond motifs is 1.